The first-order valence-corrected chi connectivity index (χ1v) is 11.7. The van der Waals surface area contributed by atoms with Gasteiger partial charge in [-0.05, 0) is 41.2 Å². The molecule has 6 nitrogen and oxygen atoms in total. The fraction of sp³-hybridized carbons (Fsp3) is 0.500. The maximum atomic E-state index is 13.4. The number of hydrogen-bond donors (Lipinski definition) is 1. The van der Waals surface area contributed by atoms with Gasteiger partial charge in [-0.3, -0.25) is 4.79 Å². The van der Waals surface area contributed by atoms with Crippen molar-refractivity contribution in [1.82, 2.24) is 4.90 Å². The van der Waals surface area contributed by atoms with Crippen LogP contribution in [-0.4, -0.2) is 63.4 Å². The quantitative estimate of drug-likeness (QED) is 0.794. The summed E-state index contributed by atoms with van der Waals surface area (Å²) in [5.41, 5.74) is 5.45. The number of rotatable bonds is 3. The van der Waals surface area contributed by atoms with E-state index < -0.39 is 0 Å². The molecule has 0 radical (unpaired) electrons. The highest BCUT2D eigenvalue weighted by molar-refractivity contribution is 6.01. The first kappa shape index (κ1) is 21.3. The van der Waals surface area contributed by atoms with Gasteiger partial charge in [-0.25, -0.2) is 0 Å². The third-order valence-electron chi connectivity index (χ3n) is 7.00. The van der Waals surface area contributed by atoms with Gasteiger partial charge < -0.3 is 24.6 Å². The molecule has 2 fully saturated rings. The summed E-state index contributed by atoms with van der Waals surface area (Å²) in [5.74, 6) is 0.0937. The van der Waals surface area contributed by atoms with Crippen molar-refractivity contribution in [3.8, 4) is 0 Å². The normalized spacial score (nSPS) is 22.8. The summed E-state index contributed by atoms with van der Waals surface area (Å²) in [5, 5.41) is 3.77. The van der Waals surface area contributed by atoms with Crippen LogP contribution in [0, 0.1) is 0 Å². The maximum absolute atomic E-state index is 13.4. The molecule has 0 bridgehead atoms. The van der Waals surface area contributed by atoms with Gasteiger partial charge in [-0.15, -0.1) is 0 Å². The van der Waals surface area contributed by atoms with Gasteiger partial charge in [0.15, 0.2) is 0 Å². The second kappa shape index (κ2) is 8.75. The number of para-hydroxylation sites is 1. The van der Waals surface area contributed by atoms with Crippen LogP contribution >= 0.6 is 0 Å². The maximum Gasteiger partial charge on any atom is 0.256 e. The minimum absolute atomic E-state index is 0.0402. The van der Waals surface area contributed by atoms with Crippen LogP contribution in [-0.2, 0) is 14.9 Å². The minimum Gasteiger partial charge on any atom is -0.378 e. The van der Waals surface area contributed by atoms with Gasteiger partial charge in [-0.1, -0.05) is 38.1 Å². The van der Waals surface area contributed by atoms with E-state index in [2.05, 4.69) is 54.4 Å². The number of morpholine rings is 2. The Balaban J connectivity index is 1.46. The Morgan fingerprint density at radius 1 is 0.969 bits per heavy atom. The van der Waals surface area contributed by atoms with Gasteiger partial charge in [0.05, 0.1) is 43.7 Å². The lowest BCUT2D eigenvalue weighted by molar-refractivity contribution is 0.0303. The third-order valence-corrected chi connectivity index (χ3v) is 7.00. The van der Waals surface area contributed by atoms with Crippen molar-refractivity contribution < 1.29 is 14.3 Å². The molecule has 0 spiro atoms. The van der Waals surface area contributed by atoms with Crippen molar-refractivity contribution in [3.05, 3.63) is 59.2 Å². The zero-order chi connectivity index (χ0) is 22.1. The van der Waals surface area contributed by atoms with Gasteiger partial charge in [0.2, 0.25) is 0 Å². The molecule has 1 amide bonds. The van der Waals surface area contributed by atoms with Crippen molar-refractivity contribution in [2.45, 2.75) is 31.7 Å². The summed E-state index contributed by atoms with van der Waals surface area (Å²) in [6.45, 7) is 10.5. The molecule has 2 aromatic carbocycles. The zero-order valence-corrected chi connectivity index (χ0v) is 19.1. The Hall–Kier alpha value is -2.57. The second-order valence-corrected chi connectivity index (χ2v) is 9.61. The van der Waals surface area contributed by atoms with Crippen LogP contribution in [0.4, 0.5) is 11.4 Å². The van der Waals surface area contributed by atoms with Crippen molar-refractivity contribution in [2.24, 2.45) is 0 Å². The van der Waals surface area contributed by atoms with Gasteiger partial charge in [0.1, 0.15) is 0 Å². The number of anilines is 2. The van der Waals surface area contributed by atoms with Crippen LogP contribution in [0.25, 0.3) is 0 Å². The summed E-state index contributed by atoms with van der Waals surface area (Å²) >= 11 is 0. The van der Waals surface area contributed by atoms with Crippen molar-refractivity contribution >= 4 is 17.3 Å². The summed E-state index contributed by atoms with van der Waals surface area (Å²) in [7, 11) is 0. The van der Waals surface area contributed by atoms with Crippen LogP contribution in [0.1, 0.15) is 47.8 Å². The van der Waals surface area contributed by atoms with Crippen molar-refractivity contribution in [1.29, 1.82) is 0 Å². The number of carbonyl (C=O) groups excluding carboxylic acids is 1. The number of nitrogens with one attached hydrogen (secondary N) is 1. The van der Waals surface area contributed by atoms with E-state index in [1.807, 2.05) is 17.0 Å². The monoisotopic (exact) mass is 435 g/mol. The standard InChI is InChI=1S/C26H33N3O3/c1-26(2)18-23(19-5-3-6-20(17-19)28-9-13-31-14-10-28)27-24-21(7-4-8-22(24)26)25(30)29-11-15-32-16-12-29/h3-8,17,23,27H,9-16,18H2,1-2H3. The van der Waals surface area contributed by atoms with E-state index in [1.165, 1.54) is 16.8 Å². The van der Waals surface area contributed by atoms with E-state index in [9.17, 15) is 4.79 Å². The smallest absolute Gasteiger partial charge is 0.256 e. The minimum atomic E-state index is -0.0402. The van der Waals surface area contributed by atoms with Gasteiger partial charge in [0, 0.05) is 31.9 Å². The molecule has 3 heterocycles. The highest BCUT2D eigenvalue weighted by Gasteiger charge is 2.36. The van der Waals surface area contributed by atoms with E-state index in [0.29, 0.717) is 26.3 Å². The summed E-state index contributed by atoms with van der Waals surface area (Å²) in [6.07, 6.45) is 0.974. The molecule has 3 aliphatic rings. The fourth-order valence-corrected chi connectivity index (χ4v) is 5.19. The van der Waals surface area contributed by atoms with Crippen LogP contribution < -0.4 is 10.2 Å². The number of amides is 1. The highest BCUT2D eigenvalue weighted by atomic mass is 16.5. The molecule has 1 N–H and O–H groups in total. The largest absolute Gasteiger partial charge is 0.378 e. The van der Waals surface area contributed by atoms with Gasteiger partial charge in [-0.2, -0.15) is 0 Å². The van der Waals surface area contributed by atoms with E-state index in [1.54, 1.807) is 0 Å². The molecule has 0 aromatic heterocycles. The Morgan fingerprint density at radius 3 is 2.41 bits per heavy atom. The molecule has 5 rings (SSSR count). The molecule has 3 aliphatic heterocycles. The van der Waals surface area contributed by atoms with Crippen molar-refractivity contribution in [3.63, 3.8) is 0 Å². The van der Waals surface area contributed by atoms with Crippen LogP contribution in [0.5, 0.6) is 0 Å². The number of nitrogens with zero attached hydrogens (tertiary/aromatic N) is 2. The van der Waals surface area contributed by atoms with Gasteiger partial charge in [0.25, 0.3) is 5.91 Å². The SMILES string of the molecule is CC1(C)CC(c2cccc(N3CCOCC3)c2)Nc2c(C(=O)N3CCOCC3)cccc21. The van der Waals surface area contributed by atoms with E-state index in [0.717, 1.165) is 44.0 Å². The predicted molar refractivity (Wildman–Crippen MR) is 127 cm³/mol. The van der Waals surface area contributed by atoms with Crippen LogP contribution in [0.2, 0.25) is 0 Å². The van der Waals surface area contributed by atoms with E-state index >= 15 is 0 Å². The Labute approximate surface area is 190 Å². The molecule has 2 saturated heterocycles. The molecule has 0 aliphatic carbocycles. The zero-order valence-electron chi connectivity index (χ0n) is 19.1. The number of fused-ring (bicyclic) bond motifs is 1. The lowest BCUT2D eigenvalue weighted by Crippen LogP contribution is -2.41. The third kappa shape index (κ3) is 4.09. The molecule has 170 valence electrons. The first-order chi connectivity index (χ1) is 15.5. The molecule has 1 atom stereocenters. The molecule has 32 heavy (non-hydrogen) atoms. The predicted octanol–water partition coefficient (Wildman–Crippen LogP) is 3.83. The average molecular weight is 436 g/mol. The lowest BCUT2D eigenvalue weighted by atomic mass is 9.73. The van der Waals surface area contributed by atoms with Crippen LogP contribution in [0.15, 0.2) is 42.5 Å². The topological polar surface area (TPSA) is 54.0 Å². The second-order valence-electron chi connectivity index (χ2n) is 9.61. The summed E-state index contributed by atoms with van der Waals surface area (Å²) in [6, 6.07) is 15.1. The molecular formula is C26H33N3O3. The van der Waals surface area contributed by atoms with Crippen molar-refractivity contribution in [2.75, 3.05) is 62.8 Å². The molecular weight excluding hydrogens is 402 g/mol. The number of carbonyl (C=O) groups is 1. The molecule has 2 aromatic rings. The molecule has 0 saturated carbocycles. The average Bonchev–Trinajstić information content (AvgIpc) is 2.84. The Kier molecular flexibility index (Phi) is 5.82. The Bertz CT molecular complexity index is 978. The molecule has 1 unspecified atom stereocenters. The van der Waals surface area contributed by atoms with E-state index in [-0.39, 0.29) is 17.4 Å². The van der Waals surface area contributed by atoms with Crippen LogP contribution in [0.3, 0.4) is 0 Å². The fourth-order valence-electron chi connectivity index (χ4n) is 5.19. The Morgan fingerprint density at radius 2 is 1.66 bits per heavy atom. The summed E-state index contributed by atoms with van der Waals surface area (Å²) < 4.78 is 11.0. The number of benzene rings is 2. The first-order valence-electron chi connectivity index (χ1n) is 11.7. The summed E-state index contributed by atoms with van der Waals surface area (Å²) in [4.78, 5) is 17.7. The number of ether oxygens (including phenoxy) is 2. The highest BCUT2D eigenvalue weighted by Crippen LogP contribution is 2.46. The number of hydrogen-bond acceptors (Lipinski definition) is 5. The lowest BCUT2D eigenvalue weighted by Gasteiger charge is -2.40. The molecule has 6 heteroatoms. The van der Waals surface area contributed by atoms with E-state index in [4.69, 9.17) is 9.47 Å². The van der Waals surface area contributed by atoms with Gasteiger partial charge >= 0.3 is 0 Å².